The molecule has 0 aliphatic heterocycles. The first kappa shape index (κ1) is 31.2. The van der Waals surface area contributed by atoms with Crippen LogP contribution in [0.25, 0.3) is 0 Å². The predicted molar refractivity (Wildman–Crippen MR) is 140 cm³/mol. The molecule has 0 bridgehead atoms. The number of sulfonamides is 1. The number of hydrogen-bond donors (Lipinski definition) is 1. The van der Waals surface area contributed by atoms with Crippen molar-refractivity contribution in [2.45, 2.75) is 52.0 Å². The molecule has 0 radical (unpaired) electrons. The average Bonchev–Trinajstić information content (AvgIpc) is 2.81. The van der Waals surface area contributed by atoms with Gasteiger partial charge < -0.3 is 15.0 Å². The third kappa shape index (κ3) is 8.26. The van der Waals surface area contributed by atoms with Gasteiger partial charge in [0, 0.05) is 12.6 Å². The number of nitrogens with one attached hydrogen (secondary N) is 1. The van der Waals surface area contributed by atoms with E-state index in [1.807, 2.05) is 0 Å². The maximum Gasteiger partial charge on any atom is 0.416 e. The van der Waals surface area contributed by atoms with E-state index < -0.39 is 51.9 Å². The minimum absolute atomic E-state index is 0.0893. The molecule has 13 heteroatoms. The normalized spacial score (nSPS) is 12.7. The summed E-state index contributed by atoms with van der Waals surface area (Å²) < 4.78 is 71.2. The minimum Gasteiger partial charge on any atom is -0.497 e. The van der Waals surface area contributed by atoms with Gasteiger partial charge in [0.25, 0.3) is 0 Å². The average molecular weight is 578 g/mol. The lowest BCUT2D eigenvalue weighted by Crippen LogP contribution is -2.53. The lowest BCUT2D eigenvalue weighted by molar-refractivity contribution is -0.140. The third-order valence-corrected chi connectivity index (χ3v) is 6.97. The van der Waals surface area contributed by atoms with Crippen molar-refractivity contribution in [3.05, 3.63) is 58.6 Å². The Morgan fingerprint density at radius 3 is 2.32 bits per heavy atom. The second-order valence-electron chi connectivity index (χ2n) is 8.89. The van der Waals surface area contributed by atoms with Crippen molar-refractivity contribution in [1.82, 2.24) is 10.2 Å². The zero-order valence-electron chi connectivity index (χ0n) is 21.7. The van der Waals surface area contributed by atoms with Gasteiger partial charge in [0.1, 0.15) is 18.3 Å². The van der Waals surface area contributed by atoms with Crippen LogP contribution in [0.2, 0.25) is 5.02 Å². The molecule has 0 spiro atoms. The fraction of sp³-hybridized carbons (Fsp3) is 0.440. The maximum atomic E-state index is 13.7. The molecule has 2 aromatic rings. The number of hydrogen-bond acceptors (Lipinski definition) is 5. The second kappa shape index (κ2) is 12.7. The van der Waals surface area contributed by atoms with E-state index in [0.29, 0.717) is 27.8 Å². The Morgan fingerprint density at radius 2 is 1.79 bits per heavy atom. The topological polar surface area (TPSA) is 96.0 Å². The molecule has 0 heterocycles. The highest BCUT2D eigenvalue weighted by molar-refractivity contribution is 7.92. The molecule has 0 saturated heterocycles. The Kier molecular flexibility index (Phi) is 10.4. The molecule has 2 amide bonds. The number of nitrogens with zero attached hydrogens (tertiary/aromatic N) is 2. The van der Waals surface area contributed by atoms with Gasteiger partial charge in [-0.15, -0.1) is 0 Å². The highest BCUT2D eigenvalue weighted by Gasteiger charge is 2.35. The predicted octanol–water partition coefficient (Wildman–Crippen LogP) is 4.47. The number of benzene rings is 2. The number of amides is 2. The van der Waals surface area contributed by atoms with E-state index in [0.717, 1.165) is 12.3 Å². The van der Waals surface area contributed by atoms with Crippen molar-refractivity contribution in [2.75, 3.05) is 24.2 Å². The Balaban J connectivity index is 2.56. The van der Waals surface area contributed by atoms with Gasteiger partial charge in [-0.25, -0.2) is 8.42 Å². The molecule has 38 heavy (non-hydrogen) atoms. The lowest BCUT2D eigenvalue weighted by atomic mass is 10.1. The van der Waals surface area contributed by atoms with Gasteiger partial charge >= 0.3 is 6.18 Å². The van der Waals surface area contributed by atoms with Gasteiger partial charge in [-0.3, -0.25) is 13.9 Å². The van der Waals surface area contributed by atoms with E-state index >= 15 is 0 Å². The van der Waals surface area contributed by atoms with Crippen LogP contribution in [0, 0.1) is 0 Å². The van der Waals surface area contributed by atoms with Crippen molar-refractivity contribution >= 4 is 39.1 Å². The van der Waals surface area contributed by atoms with E-state index in [-0.39, 0.29) is 24.0 Å². The Morgan fingerprint density at radius 1 is 1.13 bits per heavy atom. The molecule has 0 aliphatic rings. The van der Waals surface area contributed by atoms with Gasteiger partial charge in [-0.2, -0.15) is 13.2 Å². The molecule has 2 rings (SSSR count). The van der Waals surface area contributed by atoms with Gasteiger partial charge in [-0.05, 0) is 56.2 Å². The number of carbonyl (C=O) groups excluding carboxylic acids is 2. The summed E-state index contributed by atoms with van der Waals surface area (Å²) in [6, 6.07) is 7.73. The van der Waals surface area contributed by atoms with Crippen molar-refractivity contribution in [2.24, 2.45) is 0 Å². The van der Waals surface area contributed by atoms with Crippen LogP contribution >= 0.6 is 11.6 Å². The molecule has 2 aromatic carbocycles. The Labute approximate surface area is 225 Å². The zero-order valence-corrected chi connectivity index (χ0v) is 23.2. The number of halogens is 4. The fourth-order valence-electron chi connectivity index (χ4n) is 3.74. The van der Waals surface area contributed by atoms with E-state index in [4.69, 9.17) is 16.3 Å². The second-order valence-corrected chi connectivity index (χ2v) is 11.2. The van der Waals surface area contributed by atoms with Gasteiger partial charge in [0.15, 0.2) is 0 Å². The van der Waals surface area contributed by atoms with Crippen molar-refractivity contribution in [1.29, 1.82) is 0 Å². The summed E-state index contributed by atoms with van der Waals surface area (Å²) in [5.74, 6) is -0.762. The summed E-state index contributed by atoms with van der Waals surface area (Å²) in [5, 5.41) is 2.46. The smallest absolute Gasteiger partial charge is 0.416 e. The Bertz CT molecular complexity index is 1260. The highest BCUT2D eigenvalue weighted by Crippen LogP contribution is 2.36. The number of ether oxygens (including phenoxy) is 1. The van der Waals surface area contributed by atoms with Crippen molar-refractivity contribution < 1.29 is 35.9 Å². The van der Waals surface area contributed by atoms with Gasteiger partial charge in [0.2, 0.25) is 21.8 Å². The monoisotopic (exact) mass is 577 g/mol. The number of carbonyl (C=O) groups is 2. The maximum absolute atomic E-state index is 13.7. The standard InChI is InChI=1S/C25H31ClF3N3O5S/c1-6-21(24(34)30-16(2)3)31(14-17-8-7-9-19(12-17)37-4)23(33)15-32(38(5,35)36)22-13-18(25(27,28)29)10-11-20(22)26/h7-13,16,21H,6,14-15H2,1-5H3,(H,30,34)/t21-/m0/s1. The lowest BCUT2D eigenvalue weighted by Gasteiger charge is -2.33. The number of rotatable bonds is 11. The summed E-state index contributed by atoms with van der Waals surface area (Å²) in [7, 11) is -2.80. The molecule has 0 fully saturated rings. The van der Waals surface area contributed by atoms with Gasteiger partial charge in [0.05, 0.1) is 29.6 Å². The Hall–Kier alpha value is -2.99. The highest BCUT2D eigenvalue weighted by atomic mass is 35.5. The molecule has 0 aromatic heterocycles. The molecule has 0 aliphatic carbocycles. The minimum atomic E-state index is -4.77. The fourth-order valence-corrected chi connectivity index (χ4v) is 4.87. The zero-order chi connectivity index (χ0) is 28.8. The van der Waals surface area contributed by atoms with Crippen LogP contribution in [0.1, 0.15) is 38.3 Å². The quantitative estimate of drug-likeness (QED) is 0.425. The first-order valence-electron chi connectivity index (χ1n) is 11.7. The van der Waals surface area contributed by atoms with Crippen LogP contribution in [0.5, 0.6) is 5.75 Å². The molecule has 0 unspecified atom stereocenters. The van der Waals surface area contributed by atoms with Crippen molar-refractivity contribution in [3.8, 4) is 5.75 Å². The van der Waals surface area contributed by atoms with Crippen LogP contribution in [0.4, 0.5) is 18.9 Å². The van der Waals surface area contributed by atoms with E-state index in [9.17, 15) is 31.2 Å². The molecular formula is C25H31ClF3N3O5S. The van der Waals surface area contributed by atoms with Gasteiger partial charge in [-0.1, -0.05) is 30.7 Å². The molecule has 1 atom stereocenters. The van der Waals surface area contributed by atoms with Crippen LogP contribution in [-0.4, -0.2) is 57.1 Å². The van der Waals surface area contributed by atoms with E-state index in [2.05, 4.69) is 5.32 Å². The van der Waals surface area contributed by atoms with Crippen LogP contribution in [0.15, 0.2) is 42.5 Å². The van der Waals surface area contributed by atoms with Crippen LogP contribution in [0.3, 0.4) is 0 Å². The van der Waals surface area contributed by atoms with E-state index in [1.165, 1.54) is 12.0 Å². The summed E-state index contributed by atoms with van der Waals surface area (Å²) in [6.07, 6.45) is -3.82. The first-order valence-corrected chi connectivity index (χ1v) is 13.9. The molecule has 8 nitrogen and oxygen atoms in total. The summed E-state index contributed by atoms with van der Waals surface area (Å²) in [4.78, 5) is 27.9. The molecular weight excluding hydrogens is 547 g/mol. The molecule has 1 N–H and O–H groups in total. The summed E-state index contributed by atoms with van der Waals surface area (Å²) in [6.45, 7) is 4.22. The first-order chi connectivity index (χ1) is 17.6. The largest absolute Gasteiger partial charge is 0.497 e. The van der Waals surface area contributed by atoms with Crippen molar-refractivity contribution in [3.63, 3.8) is 0 Å². The summed E-state index contributed by atoms with van der Waals surface area (Å²) >= 11 is 6.09. The number of anilines is 1. The van der Waals surface area contributed by atoms with Crippen LogP contribution < -0.4 is 14.4 Å². The van der Waals surface area contributed by atoms with Crippen LogP contribution in [-0.2, 0) is 32.3 Å². The SMILES string of the molecule is CC[C@@H](C(=O)NC(C)C)N(Cc1cccc(OC)c1)C(=O)CN(c1cc(C(F)(F)F)ccc1Cl)S(C)(=O)=O. The number of alkyl halides is 3. The number of methoxy groups -OCH3 is 1. The third-order valence-electron chi connectivity index (χ3n) is 5.53. The molecule has 210 valence electrons. The van der Waals surface area contributed by atoms with E-state index in [1.54, 1.807) is 45.0 Å². The molecule has 0 saturated carbocycles. The summed E-state index contributed by atoms with van der Waals surface area (Å²) in [5.41, 5.74) is -1.04.